The van der Waals surface area contributed by atoms with Crippen LogP contribution in [0.4, 0.5) is 0 Å². The minimum Gasteiger partial charge on any atom is -0.461 e. The molecule has 3 aliphatic carbocycles. The van der Waals surface area contributed by atoms with Crippen LogP contribution in [0.5, 0.6) is 0 Å². The fourth-order valence-electron chi connectivity index (χ4n) is 9.54. The van der Waals surface area contributed by atoms with Crippen LogP contribution in [-0.4, -0.2) is 95.2 Å². The van der Waals surface area contributed by atoms with Crippen LogP contribution >= 0.6 is 0 Å². The quantitative estimate of drug-likeness (QED) is 0.167. The van der Waals surface area contributed by atoms with Gasteiger partial charge in [-0.3, -0.25) is 33.6 Å². The molecule has 0 N–H and O–H groups in total. The van der Waals surface area contributed by atoms with Gasteiger partial charge in [-0.2, -0.15) is 0 Å². The molecule has 2 saturated carbocycles. The Kier molecular flexibility index (Phi) is 11.8. The Bertz CT molecular complexity index is 1580. The monoisotopic (exact) mass is 764 g/mol. The van der Waals surface area contributed by atoms with Gasteiger partial charge in [-0.25, -0.2) is 0 Å². The van der Waals surface area contributed by atoms with Crippen LogP contribution in [0.15, 0.2) is 12.2 Å². The van der Waals surface area contributed by atoms with Crippen LogP contribution in [0.3, 0.4) is 0 Å². The zero-order valence-corrected chi connectivity index (χ0v) is 33.6. The van der Waals surface area contributed by atoms with Crippen molar-refractivity contribution >= 4 is 41.8 Å². The van der Waals surface area contributed by atoms with E-state index >= 15 is 0 Å². The summed E-state index contributed by atoms with van der Waals surface area (Å²) in [6, 6.07) is 0. The van der Waals surface area contributed by atoms with Gasteiger partial charge in [0, 0.05) is 52.4 Å². The molecule has 3 fully saturated rings. The van der Waals surface area contributed by atoms with Crippen molar-refractivity contribution in [2.24, 2.45) is 35.0 Å². The van der Waals surface area contributed by atoms with Crippen molar-refractivity contribution in [1.82, 2.24) is 0 Å². The molecule has 1 heterocycles. The Morgan fingerprint density at radius 1 is 0.759 bits per heavy atom. The second-order valence-electron chi connectivity index (χ2n) is 16.6. The van der Waals surface area contributed by atoms with E-state index in [1.165, 1.54) is 20.8 Å². The molecule has 11 unspecified atom stereocenters. The number of hydrogen-bond acceptors (Lipinski definition) is 15. The van der Waals surface area contributed by atoms with Crippen LogP contribution < -0.4 is 0 Å². The van der Waals surface area contributed by atoms with Gasteiger partial charge < -0.3 is 37.9 Å². The van der Waals surface area contributed by atoms with E-state index in [-0.39, 0.29) is 13.0 Å². The van der Waals surface area contributed by atoms with Gasteiger partial charge in [0.2, 0.25) is 0 Å². The highest BCUT2D eigenvalue weighted by Crippen LogP contribution is 2.70. The van der Waals surface area contributed by atoms with E-state index in [9.17, 15) is 33.6 Å². The number of ether oxygens (including phenoxy) is 8. The highest BCUT2D eigenvalue weighted by molar-refractivity contribution is 5.74. The Labute approximate surface area is 316 Å². The first-order valence-electron chi connectivity index (χ1n) is 18.5. The molecular formula is C39H56O15. The van der Waals surface area contributed by atoms with Crippen molar-refractivity contribution in [1.29, 1.82) is 0 Å². The van der Waals surface area contributed by atoms with Crippen molar-refractivity contribution in [2.45, 2.75) is 150 Å². The summed E-state index contributed by atoms with van der Waals surface area (Å²) >= 11 is 0. The predicted octanol–water partition coefficient (Wildman–Crippen LogP) is 3.95. The van der Waals surface area contributed by atoms with E-state index in [1.807, 2.05) is 0 Å². The van der Waals surface area contributed by atoms with Gasteiger partial charge in [0.05, 0.1) is 29.8 Å². The zero-order chi connectivity index (χ0) is 40.9. The largest absolute Gasteiger partial charge is 0.461 e. The topological polar surface area (TPSA) is 193 Å². The normalized spacial score (nSPS) is 36.6. The minimum absolute atomic E-state index is 0.117. The summed E-state index contributed by atoms with van der Waals surface area (Å²) in [5.74, 6) is -9.67. The lowest BCUT2D eigenvalue weighted by Crippen LogP contribution is -2.64. The van der Waals surface area contributed by atoms with Gasteiger partial charge >= 0.3 is 41.8 Å². The third-order valence-corrected chi connectivity index (χ3v) is 11.3. The molecule has 0 aromatic carbocycles. The predicted molar refractivity (Wildman–Crippen MR) is 187 cm³/mol. The van der Waals surface area contributed by atoms with Gasteiger partial charge in [-0.05, 0) is 33.8 Å². The minimum atomic E-state index is -2.10. The lowest BCUT2D eigenvalue weighted by atomic mass is 9.53. The molecule has 54 heavy (non-hydrogen) atoms. The van der Waals surface area contributed by atoms with E-state index in [0.29, 0.717) is 0 Å². The SMILES string of the molecule is CCC(=O)OC1C2C(OC(C)=O)C34COC(C)(C(OC(=O)C(C)C)C2(OC(C)=O)CC1(C)OC(=O)C(C)C)C3C(C(C)(C)OC(C)=O)C=CC4OC(C)=O. The number of carbonyl (C=O) groups is 7. The third kappa shape index (κ3) is 7.24. The Morgan fingerprint density at radius 3 is 1.85 bits per heavy atom. The van der Waals surface area contributed by atoms with Crippen molar-refractivity contribution in [2.75, 3.05) is 6.61 Å². The smallest absolute Gasteiger partial charge is 0.309 e. The van der Waals surface area contributed by atoms with E-state index in [4.69, 9.17) is 37.9 Å². The summed E-state index contributed by atoms with van der Waals surface area (Å²) in [6.07, 6.45) is -3.02. The van der Waals surface area contributed by atoms with Crippen LogP contribution in [0, 0.1) is 35.0 Å². The van der Waals surface area contributed by atoms with Crippen LogP contribution in [0.25, 0.3) is 0 Å². The molecule has 0 amide bonds. The van der Waals surface area contributed by atoms with Crippen LogP contribution in [0.1, 0.15) is 103 Å². The van der Waals surface area contributed by atoms with Crippen molar-refractivity contribution in [3.8, 4) is 0 Å². The van der Waals surface area contributed by atoms with Gasteiger partial charge in [0.1, 0.15) is 23.4 Å². The molecule has 2 bridgehead atoms. The second-order valence-corrected chi connectivity index (χ2v) is 16.6. The number of hydrogen-bond donors (Lipinski definition) is 0. The maximum absolute atomic E-state index is 13.9. The first-order chi connectivity index (χ1) is 24.8. The summed E-state index contributed by atoms with van der Waals surface area (Å²) in [6.45, 7) is 19.0. The fourth-order valence-corrected chi connectivity index (χ4v) is 9.54. The lowest BCUT2D eigenvalue weighted by Gasteiger charge is -2.53. The number of carbonyl (C=O) groups excluding carboxylic acids is 7. The molecule has 0 aromatic rings. The van der Waals surface area contributed by atoms with Crippen LogP contribution in [0.2, 0.25) is 0 Å². The average Bonchev–Trinajstić information content (AvgIpc) is 3.44. The zero-order valence-electron chi connectivity index (χ0n) is 33.6. The third-order valence-electron chi connectivity index (χ3n) is 11.3. The molecule has 15 heteroatoms. The van der Waals surface area contributed by atoms with Gasteiger partial charge in [0.25, 0.3) is 0 Å². The lowest BCUT2D eigenvalue weighted by molar-refractivity contribution is -0.248. The molecule has 0 aromatic heterocycles. The van der Waals surface area contributed by atoms with Crippen molar-refractivity contribution in [3.63, 3.8) is 0 Å². The van der Waals surface area contributed by atoms with E-state index < -0.39 is 130 Å². The highest BCUT2D eigenvalue weighted by atomic mass is 16.6. The molecule has 4 aliphatic rings. The van der Waals surface area contributed by atoms with E-state index in [0.717, 1.165) is 13.8 Å². The first-order valence-corrected chi connectivity index (χ1v) is 18.5. The molecule has 1 aliphatic heterocycles. The number of rotatable bonds is 11. The average molecular weight is 765 g/mol. The van der Waals surface area contributed by atoms with Crippen LogP contribution in [-0.2, 0) is 71.5 Å². The molecule has 302 valence electrons. The maximum atomic E-state index is 13.9. The molecular weight excluding hydrogens is 708 g/mol. The van der Waals surface area contributed by atoms with E-state index in [2.05, 4.69) is 0 Å². The number of esters is 7. The maximum Gasteiger partial charge on any atom is 0.309 e. The molecule has 0 spiro atoms. The van der Waals surface area contributed by atoms with Gasteiger partial charge in [-0.1, -0.05) is 40.7 Å². The van der Waals surface area contributed by atoms with Gasteiger partial charge in [-0.15, -0.1) is 0 Å². The second kappa shape index (κ2) is 14.9. The molecule has 4 rings (SSSR count). The Morgan fingerprint density at radius 2 is 1.35 bits per heavy atom. The van der Waals surface area contributed by atoms with Crippen molar-refractivity contribution in [3.05, 3.63) is 12.2 Å². The van der Waals surface area contributed by atoms with E-state index in [1.54, 1.807) is 67.5 Å². The Hall–Kier alpha value is -4.01. The van der Waals surface area contributed by atoms with Gasteiger partial charge in [0.15, 0.2) is 23.4 Å². The molecule has 0 radical (unpaired) electrons. The summed E-state index contributed by atoms with van der Waals surface area (Å²) in [5, 5.41) is 0. The summed E-state index contributed by atoms with van der Waals surface area (Å²) in [7, 11) is 0. The first kappa shape index (κ1) is 42.7. The fraction of sp³-hybridized carbons (Fsp3) is 0.769. The Balaban J connectivity index is 2.26. The molecule has 1 saturated heterocycles. The summed E-state index contributed by atoms with van der Waals surface area (Å²) in [5.41, 5.74) is -8.54. The van der Waals surface area contributed by atoms with Crippen molar-refractivity contribution < 1.29 is 71.5 Å². The summed E-state index contributed by atoms with van der Waals surface area (Å²) in [4.78, 5) is 93.2. The summed E-state index contributed by atoms with van der Waals surface area (Å²) < 4.78 is 50.4. The highest BCUT2D eigenvalue weighted by Gasteiger charge is 2.85. The molecule has 15 nitrogen and oxygen atoms in total. The molecule has 11 atom stereocenters. The number of fused-ring (bicyclic) bond motifs is 1. The standard InChI is InChI=1S/C39H56O15/c1-14-27(44)50-30-28-31(49-22(7)41)38-18-47-37(13,29(38)25(35(10,11)52-23(8)42)15-16-26(38)48-21(6)40)34(51-32(45)19(2)3)39(28,53-24(9)43)17-36(30,12)54-33(46)20(4)5/h15-16,19-20,25-26,28-31,34H,14,17-18H2,1-13H3.